The molecule has 0 aliphatic rings. The third-order valence-corrected chi connectivity index (χ3v) is 3.44. The van der Waals surface area contributed by atoms with Crippen molar-refractivity contribution in [2.45, 2.75) is 67.9 Å². The lowest BCUT2D eigenvalue weighted by Crippen LogP contribution is -2.74. The molecule has 0 atom stereocenters. The highest BCUT2D eigenvalue weighted by atomic mass is 32.1. The second kappa shape index (κ2) is 8.60. The molecule has 0 aromatic heterocycles. The number of hydrogen-bond donors (Lipinski definition) is 1. The number of thiol groups is 1. The molecule has 0 fully saturated rings. The lowest BCUT2D eigenvalue weighted by molar-refractivity contribution is -0.461. The molecule has 30 heavy (non-hydrogen) atoms. The Labute approximate surface area is 162 Å². The van der Waals surface area contributed by atoms with Crippen LogP contribution in [0.25, 0.3) is 0 Å². The van der Waals surface area contributed by atoms with Gasteiger partial charge in [0.1, 0.15) is 0 Å². The van der Waals surface area contributed by atoms with E-state index in [-0.39, 0.29) is 0 Å². The monoisotopic (exact) mass is 510 g/mol. The van der Waals surface area contributed by atoms with E-state index in [1.54, 1.807) is 0 Å². The van der Waals surface area contributed by atoms with Crippen LogP contribution in [-0.4, -0.2) is 53.4 Å². The van der Waals surface area contributed by atoms with Crippen LogP contribution in [0.1, 0.15) is 20.3 Å². The smallest absolute Gasteiger partial charge is 0.200 e. The second-order valence-electron chi connectivity index (χ2n) is 5.12. The first-order valence-electron chi connectivity index (χ1n) is 7.13. The molecule has 0 aliphatic carbocycles. The van der Waals surface area contributed by atoms with Crippen molar-refractivity contribution >= 4 is 12.6 Å². The van der Waals surface area contributed by atoms with Gasteiger partial charge in [0.2, 0.25) is 0 Å². The van der Waals surface area contributed by atoms with E-state index < -0.39 is 59.8 Å². The van der Waals surface area contributed by atoms with Crippen LogP contribution in [0.2, 0.25) is 0 Å². The molecular weight excluding hydrogens is 499 g/mol. The minimum absolute atomic E-state index is 1.47. The molecule has 184 valence electrons. The van der Waals surface area contributed by atoms with Crippen LogP contribution < -0.4 is 0 Å². The Hall–Kier alpha value is -0.840. The molecule has 0 aromatic rings. The summed E-state index contributed by atoms with van der Waals surface area (Å²) in [5, 5.41) is 0. The second-order valence-corrected chi connectivity index (χ2v) is 5.57. The average molecular weight is 510 g/mol. The standard InChI is InChI=1S/C10H5F17S.C2H6/c11-3(12,1-2-28)4(13,14)5(15,16)6(17,18)7(19,20)8(21,22)9(23,24)10(25,26)27;1-2/h28H,1-2H2;1-2H3. The van der Waals surface area contributed by atoms with Gasteiger partial charge in [-0.05, 0) is 5.75 Å². The Balaban J connectivity index is 0. The summed E-state index contributed by atoms with van der Waals surface area (Å²) in [6.07, 6.45) is -10.3. The van der Waals surface area contributed by atoms with Crippen LogP contribution in [0.3, 0.4) is 0 Å². The van der Waals surface area contributed by atoms with Crippen molar-refractivity contribution < 1.29 is 74.6 Å². The first-order chi connectivity index (χ1) is 12.8. The molecule has 0 spiro atoms. The van der Waals surface area contributed by atoms with Gasteiger partial charge >= 0.3 is 47.6 Å². The van der Waals surface area contributed by atoms with Crippen LogP contribution in [0.15, 0.2) is 0 Å². The van der Waals surface area contributed by atoms with E-state index in [4.69, 9.17) is 0 Å². The molecule has 0 heterocycles. The lowest BCUT2D eigenvalue weighted by Gasteiger charge is -2.42. The van der Waals surface area contributed by atoms with Crippen molar-refractivity contribution in [2.75, 3.05) is 5.75 Å². The van der Waals surface area contributed by atoms with E-state index in [2.05, 4.69) is 12.6 Å². The Bertz CT molecular complexity index is 562. The van der Waals surface area contributed by atoms with Crippen LogP contribution in [0.5, 0.6) is 0 Å². The summed E-state index contributed by atoms with van der Waals surface area (Å²) < 4.78 is 217. The fourth-order valence-corrected chi connectivity index (χ4v) is 1.77. The van der Waals surface area contributed by atoms with Gasteiger partial charge in [-0.15, -0.1) is 0 Å². The van der Waals surface area contributed by atoms with Crippen molar-refractivity contribution in [3.8, 4) is 0 Å². The molecule has 0 amide bonds. The zero-order chi connectivity index (χ0) is 25.4. The van der Waals surface area contributed by atoms with Gasteiger partial charge in [-0.1, -0.05) is 13.8 Å². The van der Waals surface area contributed by atoms with Crippen molar-refractivity contribution in [1.82, 2.24) is 0 Å². The van der Waals surface area contributed by atoms with Crippen LogP contribution in [0.4, 0.5) is 74.6 Å². The Morgan fingerprint density at radius 1 is 0.433 bits per heavy atom. The molecule has 0 saturated heterocycles. The van der Waals surface area contributed by atoms with E-state index in [1.807, 2.05) is 13.8 Å². The van der Waals surface area contributed by atoms with Gasteiger partial charge in [0.15, 0.2) is 0 Å². The predicted molar refractivity (Wildman–Crippen MR) is 70.5 cm³/mol. The van der Waals surface area contributed by atoms with Crippen molar-refractivity contribution in [2.24, 2.45) is 0 Å². The van der Waals surface area contributed by atoms with Crippen molar-refractivity contribution in [1.29, 1.82) is 0 Å². The summed E-state index contributed by atoms with van der Waals surface area (Å²) in [6, 6.07) is 0. The summed E-state index contributed by atoms with van der Waals surface area (Å²) in [6.45, 7) is 4.00. The minimum Gasteiger partial charge on any atom is -0.200 e. The molecule has 0 aliphatic heterocycles. The SMILES string of the molecule is CC.FC(F)(F)C(F)(F)C(F)(F)C(F)(F)C(F)(F)C(F)(F)C(F)(F)C(F)(F)CCS. The van der Waals surface area contributed by atoms with Gasteiger partial charge in [-0.25, -0.2) is 0 Å². The average Bonchev–Trinajstić information content (AvgIpc) is 2.54. The fourth-order valence-electron chi connectivity index (χ4n) is 1.49. The summed E-state index contributed by atoms with van der Waals surface area (Å²) in [5.41, 5.74) is 0. The molecule has 18 heteroatoms. The van der Waals surface area contributed by atoms with E-state index in [0.717, 1.165) is 0 Å². The summed E-state index contributed by atoms with van der Waals surface area (Å²) in [7, 11) is 0. The number of rotatable bonds is 8. The molecule has 0 nitrogen and oxygen atoms in total. The molecule has 0 bridgehead atoms. The van der Waals surface area contributed by atoms with E-state index in [0.29, 0.717) is 0 Å². The van der Waals surface area contributed by atoms with Crippen LogP contribution in [0, 0.1) is 0 Å². The maximum Gasteiger partial charge on any atom is 0.460 e. The molecule has 0 unspecified atom stereocenters. The molecule has 0 saturated carbocycles. The normalized spacial score (nSPS) is 15.6. The zero-order valence-corrected chi connectivity index (χ0v) is 15.2. The quantitative estimate of drug-likeness (QED) is 0.257. The molecule has 0 N–H and O–H groups in total. The number of hydrogen-bond acceptors (Lipinski definition) is 1. The summed E-state index contributed by atoms with van der Waals surface area (Å²) >= 11 is 2.85. The Morgan fingerprint density at radius 2 is 0.667 bits per heavy atom. The number of halogens is 17. The van der Waals surface area contributed by atoms with Crippen molar-refractivity contribution in [3.05, 3.63) is 0 Å². The van der Waals surface area contributed by atoms with E-state index in [9.17, 15) is 74.6 Å². The minimum atomic E-state index is -8.58. The fraction of sp³-hybridized carbons (Fsp3) is 1.00. The first-order valence-corrected chi connectivity index (χ1v) is 7.76. The lowest BCUT2D eigenvalue weighted by atomic mass is 9.88. The molecule has 0 radical (unpaired) electrons. The molecule has 0 rings (SSSR count). The van der Waals surface area contributed by atoms with Gasteiger partial charge in [-0.2, -0.15) is 87.3 Å². The van der Waals surface area contributed by atoms with Gasteiger partial charge in [0, 0.05) is 6.42 Å². The topological polar surface area (TPSA) is 0 Å². The maximum absolute atomic E-state index is 13.2. The van der Waals surface area contributed by atoms with E-state index >= 15 is 0 Å². The van der Waals surface area contributed by atoms with Crippen LogP contribution >= 0.6 is 12.6 Å². The molecular formula is C12H11F17S. The summed E-state index contributed by atoms with van der Waals surface area (Å²) in [4.78, 5) is 0. The highest BCUT2D eigenvalue weighted by Crippen LogP contribution is 2.64. The number of alkyl halides is 17. The third-order valence-electron chi connectivity index (χ3n) is 3.21. The Kier molecular flexibility index (Phi) is 8.98. The van der Waals surface area contributed by atoms with Crippen molar-refractivity contribution in [3.63, 3.8) is 0 Å². The molecule has 0 aromatic carbocycles. The van der Waals surface area contributed by atoms with Gasteiger partial charge in [0.05, 0.1) is 0 Å². The third kappa shape index (κ3) is 4.25. The highest BCUT2D eigenvalue weighted by molar-refractivity contribution is 7.80. The largest absolute Gasteiger partial charge is 0.460 e. The first kappa shape index (κ1) is 31.3. The van der Waals surface area contributed by atoms with E-state index in [1.165, 1.54) is 0 Å². The van der Waals surface area contributed by atoms with Gasteiger partial charge < -0.3 is 0 Å². The maximum atomic E-state index is 13.2. The predicted octanol–water partition coefficient (Wildman–Crippen LogP) is 7.34. The highest BCUT2D eigenvalue weighted by Gasteiger charge is 2.95. The van der Waals surface area contributed by atoms with Gasteiger partial charge in [0.25, 0.3) is 0 Å². The summed E-state index contributed by atoms with van der Waals surface area (Å²) in [5.74, 6) is -57.3. The zero-order valence-electron chi connectivity index (χ0n) is 14.3. The van der Waals surface area contributed by atoms with Gasteiger partial charge in [-0.3, -0.25) is 0 Å². The van der Waals surface area contributed by atoms with Crippen LogP contribution in [-0.2, 0) is 0 Å². The Morgan fingerprint density at radius 3 is 0.900 bits per heavy atom.